The zero-order valence-electron chi connectivity index (χ0n) is 9.80. The molecule has 0 spiro atoms. The zero-order chi connectivity index (χ0) is 12.7. The summed E-state index contributed by atoms with van der Waals surface area (Å²) < 4.78 is 0. The van der Waals surface area contributed by atoms with Gasteiger partial charge in [0.05, 0.1) is 12.5 Å². The highest BCUT2D eigenvalue weighted by molar-refractivity contribution is 5.67. The molecule has 1 aromatic carbocycles. The number of carboxylic acid groups (broad SMARTS) is 1. The molecule has 1 rings (SSSR count). The Hall–Kier alpha value is -1.61. The molecule has 1 unspecified atom stereocenters. The van der Waals surface area contributed by atoms with Crippen LogP contribution < -0.4 is 0 Å². The summed E-state index contributed by atoms with van der Waals surface area (Å²) in [5, 5.41) is 17.9. The summed E-state index contributed by atoms with van der Waals surface area (Å²) >= 11 is 0. The molecule has 1 aromatic rings. The molecule has 92 valence electrons. The van der Waals surface area contributed by atoms with Crippen LogP contribution in [0.1, 0.15) is 30.4 Å². The van der Waals surface area contributed by atoms with Crippen LogP contribution in [0.25, 0.3) is 6.08 Å². The molecule has 0 aliphatic carbocycles. The van der Waals surface area contributed by atoms with Gasteiger partial charge in [-0.25, -0.2) is 0 Å². The van der Waals surface area contributed by atoms with Gasteiger partial charge < -0.3 is 10.2 Å². The van der Waals surface area contributed by atoms with E-state index in [2.05, 4.69) is 6.58 Å². The molecule has 0 aliphatic heterocycles. The highest BCUT2D eigenvalue weighted by Gasteiger charge is 2.08. The minimum atomic E-state index is -0.951. The van der Waals surface area contributed by atoms with E-state index in [0.29, 0.717) is 6.42 Å². The Labute approximate surface area is 101 Å². The largest absolute Gasteiger partial charge is 0.481 e. The van der Waals surface area contributed by atoms with Crippen molar-refractivity contribution < 1.29 is 15.0 Å². The molecular formula is C14H18O3. The monoisotopic (exact) mass is 234 g/mol. The summed E-state index contributed by atoms with van der Waals surface area (Å²) in [6.45, 7) is 3.68. The molecule has 0 radical (unpaired) electrons. The average Bonchev–Trinajstić information content (AvgIpc) is 2.29. The first-order valence-electron chi connectivity index (χ1n) is 5.73. The lowest BCUT2D eigenvalue weighted by molar-refractivity contribution is -0.139. The molecule has 3 heteroatoms. The number of aliphatic hydroxyl groups excluding tert-OH is 1. The Morgan fingerprint density at radius 3 is 2.53 bits per heavy atom. The van der Waals surface area contributed by atoms with Crippen molar-refractivity contribution >= 4 is 12.0 Å². The van der Waals surface area contributed by atoms with Gasteiger partial charge in [0.1, 0.15) is 0 Å². The molecule has 0 aromatic heterocycles. The van der Waals surface area contributed by atoms with Gasteiger partial charge in [-0.3, -0.25) is 4.79 Å². The minimum absolute atomic E-state index is 0.171. The Kier molecular flexibility index (Phi) is 5.43. The molecule has 0 amide bonds. The lowest BCUT2D eigenvalue weighted by atomic mass is 10.0. The molecule has 1 atom stereocenters. The van der Waals surface area contributed by atoms with Gasteiger partial charge in [-0.15, -0.1) is 0 Å². The van der Waals surface area contributed by atoms with Gasteiger partial charge >= 0.3 is 5.97 Å². The fourth-order valence-electron chi connectivity index (χ4n) is 1.67. The van der Waals surface area contributed by atoms with Crippen molar-refractivity contribution in [2.75, 3.05) is 0 Å². The van der Waals surface area contributed by atoms with Gasteiger partial charge in [0.2, 0.25) is 0 Å². The number of aliphatic hydroxyl groups is 1. The van der Waals surface area contributed by atoms with Crippen LogP contribution in [0, 0.1) is 0 Å². The van der Waals surface area contributed by atoms with Gasteiger partial charge in [-0.05, 0) is 30.4 Å². The van der Waals surface area contributed by atoms with E-state index in [9.17, 15) is 9.90 Å². The first-order valence-corrected chi connectivity index (χ1v) is 5.73. The number of rotatable bonds is 7. The molecule has 0 saturated heterocycles. The number of benzene rings is 1. The van der Waals surface area contributed by atoms with Crippen molar-refractivity contribution in [3.63, 3.8) is 0 Å². The van der Waals surface area contributed by atoms with E-state index < -0.39 is 12.1 Å². The fourth-order valence-corrected chi connectivity index (χ4v) is 1.67. The Balaban J connectivity index is 2.30. The molecular weight excluding hydrogens is 216 g/mol. The van der Waals surface area contributed by atoms with E-state index >= 15 is 0 Å². The Morgan fingerprint density at radius 1 is 1.35 bits per heavy atom. The van der Waals surface area contributed by atoms with Gasteiger partial charge in [0.15, 0.2) is 0 Å². The zero-order valence-corrected chi connectivity index (χ0v) is 9.80. The van der Waals surface area contributed by atoms with Gasteiger partial charge in [-0.1, -0.05) is 36.9 Å². The maximum absolute atomic E-state index is 10.3. The highest BCUT2D eigenvalue weighted by Crippen LogP contribution is 2.10. The molecule has 0 heterocycles. The second kappa shape index (κ2) is 6.86. The SMILES string of the molecule is C=Cc1ccc(CCCC(O)CC(=O)O)cc1. The highest BCUT2D eigenvalue weighted by atomic mass is 16.4. The van der Waals surface area contributed by atoms with Crippen LogP contribution >= 0.6 is 0 Å². The number of aryl methyl sites for hydroxylation is 1. The van der Waals surface area contributed by atoms with Crippen LogP contribution in [-0.4, -0.2) is 22.3 Å². The standard InChI is InChI=1S/C14H18O3/c1-2-11-6-8-12(9-7-11)4-3-5-13(15)10-14(16)17/h2,6-9,13,15H,1,3-5,10H2,(H,16,17). The van der Waals surface area contributed by atoms with E-state index in [-0.39, 0.29) is 6.42 Å². The number of aliphatic carboxylic acids is 1. The molecule has 0 saturated carbocycles. The number of hydrogen-bond donors (Lipinski definition) is 2. The Bertz CT molecular complexity index is 368. The van der Waals surface area contributed by atoms with Crippen molar-refractivity contribution in [3.8, 4) is 0 Å². The van der Waals surface area contributed by atoms with Crippen molar-refractivity contribution in [1.82, 2.24) is 0 Å². The van der Waals surface area contributed by atoms with E-state index in [0.717, 1.165) is 18.4 Å². The fraction of sp³-hybridized carbons (Fsp3) is 0.357. The molecule has 0 fully saturated rings. The van der Waals surface area contributed by atoms with Crippen LogP contribution in [0.3, 0.4) is 0 Å². The predicted octanol–water partition coefficient (Wildman–Crippen LogP) is 2.49. The molecule has 17 heavy (non-hydrogen) atoms. The molecule has 0 bridgehead atoms. The molecule has 3 nitrogen and oxygen atoms in total. The van der Waals surface area contributed by atoms with E-state index in [4.69, 9.17) is 5.11 Å². The van der Waals surface area contributed by atoms with Gasteiger partial charge in [0.25, 0.3) is 0 Å². The van der Waals surface area contributed by atoms with Crippen LogP contribution in [0.2, 0.25) is 0 Å². The van der Waals surface area contributed by atoms with Crippen molar-refractivity contribution in [2.45, 2.75) is 31.8 Å². The lowest BCUT2D eigenvalue weighted by Crippen LogP contribution is -2.12. The van der Waals surface area contributed by atoms with E-state index in [1.807, 2.05) is 24.3 Å². The molecule has 2 N–H and O–H groups in total. The first-order chi connectivity index (χ1) is 8.11. The number of carbonyl (C=O) groups is 1. The van der Waals surface area contributed by atoms with Crippen LogP contribution in [-0.2, 0) is 11.2 Å². The second-order valence-corrected chi connectivity index (χ2v) is 4.09. The van der Waals surface area contributed by atoms with Gasteiger partial charge in [0, 0.05) is 0 Å². The third kappa shape index (κ3) is 5.31. The maximum Gasteiger partial charge on any atom is 0.305 e. The van der Waals surface area contributed by atoms with Crippen molar-refractivity contribution in [2.24, 2.45) is 0 Å². The lowest BCUT2D eigenvalue weighted by Gasteiger charge is -2.07. The van der Waals surface area contributed by atoms with Crippen molar-refractivity contribution in [3.05, 3.63) is 42.0 Å². The quantitative estimate of drug-likeness (QED) is 0.762. The smallest absolute Gasteiger partial charge is 0.305 e. The third-order valence-electron chi connectivity index (χ3n) is 2.63. The van der Waals surface area contributed by atoms with E-state index in [1.165, 1.54) is 5.56 Å². The molecule has 0 aliphatic rings. The summed E-state index contributed by atoms with van der Waals surface area (Å²) in [6, 6.07) is 8.05. The normalized spacial score (nSPS) is 12.1. The predicted molar refractivity (Wildman–Crippen MR) is 67.7 cm³/mol. The van der Waals surface area contributed by atoms with Crippen LogP contribution in [0.4, 0.5) is 0 Å². The van der Waals surface area contributed by atoms with Crippen molar-refractivity contribution in [1.29, 1.82) is 0 Å². The second-order valence-electron chi connectivity index (χ2n) is 4.09. The summed E-state index contributed by atoms with van der Waals surface area (Å²) in [6.07, 6.45) is 3.06. The number of hydrogen-bond acceptors (Lipinski definition) is 2. The number of carboxylic acids is 1. The first kappa shape index (κ1) is 13.5. The summed E-state index contributed by atoms with van der Waals surface area (Å²) in [4.78, 5) is 10.3. The minimum Gasteiger partial charge on any atom is -0.481 e. The van der Waals surface area contributed by atoms with Gasteiger partial charge in [-0.2, -0.15) is 0 Å². The summed E-state index contributed by atoms with van der Waals surface area (Å²) in [5.41, 5.74) is 2.28. The average molecular weight is 234 g/mol. The maximum atomic E-state index is 10.3. The summed E-state index contributed by atoms with van der Waals surface area (Å²) in [7, 11) is 0. The van der Waals surface area contributed by atoms with Crippen LogP contribution in [0.5, 0.6) is 0 Å². The topological polar surface area (TPSA) is 57.5 Å². The Morgan fingerprint density at radius 2 is 2.00 bits per heavy atom. The van der Waals surface area contributed by atoms with Crippen LogP contribution in [0.15, 0.2) is 30.8 Å². The summed E-state index contributed by atoms with van der Waals surface area (Å²) in [5.74, 6) is -0.951. The van der Waals surface area contributed by atoms with E-state index in [1.54, 1.807) is 6.08 Å². The third-order valence-corrected chi connectivity index (χ3v) is 2.63.